The lowest BCUT2D eigenvalue weighted by molar-refractivity contribution is -0.118. The molecule has 0 saturated heterocycles. The fourth-order valence-electron chi connectivity index (χ4n) is 1.50. The van der Waals surface area contributed by atoms with E-state index in [1.54, 1.807) is 19.1 Å². The summed E-state index contributed by atoms with van der Waals surface area (Å²) in [6.07, 6.45) is 0. The van der Waals surface area contributed by atoms with Crippen LogP contribution < -0.4 is 16.0 Å². The number of amides is 3. The summed E-state index contributed by atoms with van der Waals surface area (Å²) in [5.74, 6) is -0.447. The number of hydrogen-bond acceptors (Lipinski definition) is 2. The van der Waals surface area contributed by atoms with Gasteiger partial charge in [-0.15, -0.1) is 0 Å². The zero-order chi connectivity index (χ0) is 14.3. The first-order valence-electron chi connectivity index (χ1n) is 6.03. The fraction of sp³-hybridized carbons (Fsp3) is 0.385. The maximum atomic E-state index is 12.7. The van der Waals surface area contributed by atoms with Crippen molar-refractivity contribution in [1.29, 1.82) is 0 Å². The normalized spacial score (nSPS) is 11.5. The van der Waals surface area contributed by atoms with Gasteiger partial charge < -0.3 is 16.0 Å². The van der Waals surface area contributed by atoms with Crippen LogP contribution in [0.15, 0.2) is 24.3 Å². The first-order chi connectivity index (χ1) is 8.99. The number of urea groups is 1. The Morgan fingerprint density at radius 3 is 2.32 bits per heavy atom. The number of carbonyl (C=O) groups is 2. The Bertz CT molecular complexity index is 434. The average Bonchev–Trinajstić information content (AvgIpc) is 2.35. The third-order valence-electron chi connectivity index (χ3n) is 2.50. The van der Waals surface area contributed by atoms with Crippen LogP contribution in [0.2, 0.25) is 0 Å². The van der Waals surface area contributed by atoms with Gasteiger partial charge in [0.1, 0.15) is 5.82 Å². The molecule has 104 valence electrons. The summed E-state index contributed by atoms with van der Waals surface area (Å²) in [6, 6.07) is 5.39. The highest BCUT2D eigenvalue weighted by Gasteiger charge is 2.08. The van der Waals surface area contributed by atoms with Gasteiger partial charge in [-0.05, 0) is 24.6 Å². The van der Waals surface area contributed by atoms with Gasteiger partial charge in [-0.2, -0.15) is 0 Å². The van der Waals surface area contributed by atoms with E-state index in [1.807, 2.05) is 0 Å². The molecule has 0 spiro atoms. The molecule has 1 rings (SSSR count). The molecule has 3 N–H and O–H groups in total. The molecule has 0 aliphatic rings. The van der Waals surface area contributed by atoms with E-state index in [0.717, 1.165) is 5.56 Å². The molecule has 0 bridgehead atoms. The van der Waals surface area contributed by atoms with E-state index in [0.29, 0.717) is 13.1 Å². The molecule has 1 atom stereocenters. The molecular weight excluding hydrogens is 249 g/mol. The second kappa shape index (κ2) is 7.35. The summed E-state index contributed by atoms with van der Waals surface area (Å²) in [6.45, 7) is 3.95. The van der Waals surface area contributed by atoms with Crippen molar-refractivity contribution in [3.05, 3.63) is 35.6 Å². The first kappa shape index (κ1) is 14.9. The van der Waals surface area contributed by atoms with Crippen LogP contribution >= 0.6 is 0 Å². The highest BCUT2D eigenvalue weighted by Crippen LogP contribution is 2.12. The van der Waals surface area contributed by atoms with Gasteiger partial charge in [-0.3, -0.25) is 4.79 Å². The molecule has 0 fully saturated rings. The lowest BCUT2D eigenvalue weighted by Gasteiger charge is -2.15. The van der Waals surface area contributed by atoms with Gasteiger partial charge in [0.25, 0.3) is 0 Å². The van der Waals surface area contributed by atoms with Crippen LogP contribution in [0.1, 0.15) is 25.5 Å². The molecule has 0 radical (unpaired) electrons. The van der Waals surface area contributed by atoms with E-state index in [4.69, 9.17) is 0 Å². The van der Waals surface area contributed by atoms with Gasteiger partial charge in [0.15, 0.2) is 0 Å². The molecular formula is C13H18FN3O2. The van der Waals surface area contributed by atoms with Crippen molar-refractivity contribution in [2.45, 2.75) is 19.9 Å². The van der Waals surface area contributed by atoms with Crippen molar-refractivity contribution in [3.63, 3.8) is 0 Å². The smallest absolute Gasteiger partial charge is 0.315 e. The number of nitrogens with one attached hydrogen (secondary N) is 3. The van der Waals surface area contributed by atoms with Crippen molar-refractivity contribution in [2.75, 3.05) is 13.1 Å². The predicted molar refractivity (Wildman–Crippen MR) is 70.0 cm³/mol. The number of benzene rings is 1. The maximum Gasteiger partial charge on any atom is 0.315 e. The molecule has 1 unspecified atom stereocenters. The lowest BCUT2D eigenvalue weighted by atomic mass is 10.1. The molecule has 0 aliphatic carbocycles. The zero-order valence-corrected chi connectivity index (χ0v) is 11.0. The summed E-state index contributed by atoms with van der Waals surface area (Å²) < 4.78 is 12.7. The third kappa shape index (κ3) is 5.85. The monoisotopic (exact) mass is 267 g/mol. The molecule has 5 nitrogen and oxygen atoms in total. The van der Waals surface area contributed by atoms with E-state index in [-0.39, 0.29) is 23.8 Å². The van der Waals surface area contributed by atoms with Crippen molar-refractivity contribution in [1.82, 2.24) is 16.0 Å². The van der Waals surface area contributed by atoms with Gasteiger partial charge in [0.05, 0.1) is 6.04 Å². The van der Waals surface area contributed by atoms with Gasteiger partial charge in [-0.25, -0.2) is 9.18 Å². The highest BCUT2D eigenvalue weighted by atomic mass is 19.1. The Labute approximate surface area is 111 Å². The van der Waals surface area contributed by atoms with Crippen LogP contribution in [-0.2, 0) is 4.79 Å². The molecule has 0 aromatic heterocycles. The van der Waals surface area contributed by atoms with Crippen LogP contribution in [-0.4, -0.2) is 25.0 Å². The molecule has 3 amide bonds. The summed E-state index contributed by atoms with van der Waals surface area (Å²) >= 11 is 0. The second-order valence-corrected chi connectivity index (χ2v) is 4.16. The largest absolute Gasteiger partial charge is 0.355 e. The molecule has 1 aromatic carbocycles. The van der Waals surface area contributed by atoms with E-state index >= 15 is 0 Å². The molecule has 0 saturated carbocycles. The zero-order valence-electron chi connectivity index (χ0n) is 11.0. The number of carbonyl (C=O) groups excluding carboxylic acids is 2. The molecule has 19 heavy (non-hydrogen) atoms. The Morgan fingerprint density at radius 1 is 1.16 bits per heavy atom. The Morgan fingerprint density at radius 2 is 1.74 bits per heavy atom. The van der Waals surface area contributed by atoms with E-state index in [2.05, 4.69) is 16.0 Å². The van der Waals surface area contributed by atoms with Crippen molar-refractivity contribution in [2.24, 2.45) is 0 Å². The summed E-state index contributed by atoms with van der Waals surface area (Å²) in [5, 5.41) is 7.90. The number of hydrogen-bond donors (Lipinski definition) is 3. The Balaban J connectivity index is 2.31. The number of rotatable bonds is 5. The van der Waals surface area contributed by atoms with Crippen LogP contribution in [0, 0.1) is 5.82 Å². The van der Waals surface area contributed by atoms with Crippen LogP contribution in [0.5, 0.6) is 0 Å². The lowest BCUT2D eigenvalue weighted by Crippen LogP contribution is -2.40. The summed E-state index contributed by atoms with van der Waals surface area (Å²) in [7, 11) is 0. The molecule has 6 heteroatoms. The van der Waals surface area contributed by atoms with Crippen LogP contribution in [0.25, 0.3) is 0 Å². The van der Waals surface area contributed by atoms with E-state index in [1.165, 1.54) is 19.1 Å². The average molecular weight is 267 g/mol. The fourth-order valence-corrected chi connectivity index (χ4v) is 1.50. The van der Waals surface area contributed by atoms with E-state index < -0.39 is 0 Å². The summed E-state index contributed by atoms with van der Waals surface area (Å²) in [4.78, 5) is 22.1. The topological polar surface area (TPSA) is 70.2 Å². The third-order valence-corrected chi connectivity index (χ3v) is 2.50. The highest BCUT2D eigenvalue weighted by molar-refractivity contribution is 5.75. The number of halogens is 1. The first-order valence-corrected chi connectivity index (χ1v) is 6.03. The van der Waals surface area contributed by atoms with Crippen molar-refractivity contribution < 1.29 is 14.0 Å². The van der Waals surface area contributed by atoms with Gasteiger partial charge >= 0.3 is 6.03 Å². The Hall–Kier alpha value is -2.11. The van der Waals surface area contributed by atoms with Crippen LogP contribution in [0.4, 0.5) is 9.18 Å². The standard InChI is InChI=1S/C13H18FN3O2/c1-9(11-3-5-12(14)6-4-11)17-13(19)16-8-7-15-10(2)18/h3-6,9H,7-8H2,1-2H3,(H,15,18)(H2,16,17,19). The van der Waals surface area contributed by atoms with Gasteiger partial charge in [0, 0.05) is 20.0 Å². The molecule has 1 aromatic rings. The second-order valence-electron chi connectivity index (χ2n) is 4.16. The summed E-state index contributed by atoms with van der Waals surface area (Å²) in [5.41, 5.74) is 0.818. The SMILES string of the molecule is CC(=O)NCCNC(=O)NC(C)c1ccc(F)cc1. The minimum absolute atomic E-state index is 0.137. The quantitative estimate of drug-likeness (QED) is 0.704. The van der Waals surface area contributed by atoms with Crippen LogP contribution in [0.3, 0.4) is 0 Å². The predicted octanol–water partition coefficient (Wildman–Crippen LogP) is 1.32. The molecule has 0 aliphatic heterocycles. The minimum atomic E-state index is -0.331. The van der Waals surface area contributed by atoms with E-state index in [9.17, 15) is 14.0 Å². The van der Waals surface area contributed by atoms with Crippen molar-refractivity contribution in [3.8, 4) is 0 Å². The Kier molecular flexibility index (Phi) is 5.78. The van der Waals surface area contributed by atoms with Gasteiger partial charge in [0.2, 0.25) is 5.91 Å². The maximum absolute atomic E-state index is 12.7. The minimum Gasteiger partial charge on any atom is -0.355 e. The van der Waals surface area contributed by atoms with Crippen molar-refractivity contribution >= 4 is 11.9 Å². The van der Waals surface area contributed by atoms with Gasteiger partial charge in [-0.1, -0.05) is 12.1 Å². The molecule has 0 heterocycles.